The molecule has 2 rings (SSSR count). The third-order valence-electron chi connectivity index (χ3n) is 2.25. The van der Waals surface area contributed by atoms with Crippen molar-refractivity contribution in [2.45, 2.75) is 6.61 Å². The Balaban J connectivity index is 2.58. The van der Waals surface area contributed by atoms with Crippen LogP contribution < -0.4 is 0 Å². The second kappa shape index (κ2) is 5.23. The molecule has 0 aliphatic heterocycles. The van der Waals surface area contributed by atoms with E-state index in [1.807, 2.05) is 0 Å². The highest BCUT2D eigenvalue weighted by atomic mass is 35.5. The predicted molar refractivity (Wildman–Crippen MR) is 70.6 cm³/mol. The van der Waals surface area contributed by atoms with Gasteiger partial charge in [0.25, 0.3) is 0 Å². The van der Waals surface area contributed by atoms with Gasteiger partial charge in [0.05, 0.1) is 6.61 Å². The number of hydrogen-bond donors (Lipinski definition) is 1. The fourth-order valence-electron chi connectivity index (χ4n) is 1.49. The Kier molecular flexibility index (Phi) is 3.89. The van der Waals surface area contributed by atoms with Crippen molar-refractivity contribution >= 4 is 34.8 Å². The maximum Gasteiger partial charge on any atom is 0.136 e. The summed E-state index contributed by atoms with van der Waals surface area (Å²) in [6, 6.07) is 6.90. The van der Waals surface area contributed by atoms with Gasteiger partial charge in [0.2, 0.25) is 0 Å². The monoisotopic (exact) mass is 287 g/mol. The fourth-order valence-corrected chi connectivity index (χ4v) is 2.23. The normalized spacial score (nSPS) is 10.6. The maximum absolute atomic E-state index is 9.07. The highest BCUT2D eigenvalue weighted by Crippen LogP contribution is 2.31. The Labute approximate surface area is 114 Å². The molecular formula is C12H8Cl3NO. The second-order valence-electron chi connectivity index (χ2n) is 3.50. The van der Waals surface area contributed by atoms with E-state index < -0.39 is 0 Å². The maximum atomic E-state index is 9.07. The van der Waals surface area contributed by atoms with Crippen molar-refractivity contribution in [2.75, 3.05) is 0 Å². The van der Waals surface area contributed by atoms with Gasteiger partial charge in [0.1, 0.15) is 5.15 Å². The Morgan fingerprint density at radius 3 is 2.24 bits per heavy atom. The van der Waals surface area contributed by atoms with E-state index in [0.717, 1.165) is 5.56 Å². The number of benzene rings is 1. The molecule has 17 heavy (non-hydrogen) atoms. The smallest absolute Gasteiger partial charge is 0.136 e. The van der Waals surface area contributed by atoms with Gasteiger partial charge in [-0.3, -0.25) is 0 Å². The van der Waals surface area contributed by atoms with Gasteiger partial charge in [0.15, 0.2) is 0 Å². The van der Waals surface area contributed by atoms with Gasteiger partial charge < -0.3 is 5.11 Å². The van der Waals surface area contributed by atoms with Crippen LogP contribution in [-0.2, 0) is 6.61 Å². The van der Waals surface area contributed by atoms with Crippen LogP contribution in [0.3, 0.4) is 0 Å². The predicted octanol–water partition coefficient (Wildman–Crippen LogP) is 4.20. The summed E-state index contributed by atoms with van der Waals surface area (Å²) in [5, 5.41) is 10.5. The van der Waals surface area contributed by atoms with E-state index in [0.29, 0.717) is 26.3 Å². The van der Waals surface area contributed by atoms with Crippen LogP contribution in [0.25, 0.3) is 11.1 Å². The molecule has 1 aromatic heterocycles. The number of pyridine rings is 1. The quantitative estimate of drug-likeness (QED) is 0.840. The number of nitrogens with zero attached hydrogens (tertiary/aromatic N) is 1. The molecule has 0 radical (unpaired) electrons. The summed E-state index contributed by atoms with van der Waals surface area (Å²) in [5.41, 5.74) is 2.15. The van der Waals surface area contributed by atoms with Gasteiger partial charge in [0, 0.05) is 21.8 Å². The minimum atomic E-state index is -0.0918. The molecule has 0 bridgehead atoms. The molecule has 2 aromatic rings. The Morgan fingerprint density at radius 1 is 1.00 bits per heavy atom. The lowest BCUT2D eigenvalue weighted by molar-refractivity contribution is 0.281. The van der Waals surface area contributed by atoms with Crippen LogP contribution in [0.5, 0.6) is 0 Å². The van der Waals surface area contributed by atoms with E-state index in [-0.39, 0.29) is 6.61 Å². The first kappa shape index (κ1) is 12.7. The Bertz CT molecular complexity index is 537. The summed E-state index contributed by atoms with van der Waals surface area (Å²) >= 11 is 17.9. The summed E-state index contributed by atoms with van der Waals surface area (Å²) in [6.45, 7) is -0.0918. The van der Waals surface area contributed by atoms with Crippen LogP contribution in [0.4, 0.5) is 0 Å². The highest BCUT2D eigenvalue weighted by Gasteiger charge is 2.08. The van der Waals surface area contributed by atoms with Gasteiger partial charge in [-0.1, -0.05) is 34.8 Å². The number of aromatic nitrogens is 1. The first-order chi connectivity index (χ1) is 8.10. The third kappa shape index (κ3) is 2.90. The van der Waals surface area contributed by atoms with Crippen LogP contribution in [-0.4, -0.2) is 10.1 Å². The van der Waals surface area contributed by atoms with E-state index >= 15 is 0 Å². The van der Waals surface area contributed by atoms with Crippen LogP contribution in [0, 0.1) is 0 Å². The molecule has 1 heterocycles. The Morgan fingerprint density at radius 2 is 1.65 bits per heavy atom. The Hall–Kier alpha value is -0.800. The average molecular weight is 289 g/mol. The number of hydrogen-bond acceptors (Lipinski definition) is 2. The van der Waals surface area contributed by atoms with Crippen LogP contribution >= 0.6 is 34.8 Å². The lowest BCUT2D eigenvalue weighted by Crippen LogP contribution is -1.89. The molecule has 0 fully saturated rings. The summed E-state index contributed by atoms with van der Waals surface area (Å²) < 4.78 is 0. The number of aliphatic hydroxyl groups excluding tert-OH is 1. The fraction of sp³-hybridized carbons (Fsp3) is 0.0833. The minimum Gasteiger partial charge on any atom is -0.392 e. The van der Waals surface area contributed by atoms with E-state index in [1.165, 1.54) is 6.20 Å². The second-order valence-corrected chi connectivity index (χ2v) is 4.73. The van der Waals surface area contributed by atoms with Crippen LogP contribution in [0.1, 0.15) is 5.56 Å². The van der Waals surface area contributed by atoms with Crippen molar-refractivity contribution in [1.29, 1.82) is 0 Å². The summed E-state index contributed by atoms with van der Waals surface area (Å²) in [6.07, 6.45) is 1.53. The molecule has 2 nitrogen and oxygen atoms in total. The lowest BCUT2D eigenvalue weighted by Gasteiger charge is -2.07. The first-order valence-corrected chi connectivity index (χ1v) is 5.95. The van der Waals surface area contributed by atoms with Gasteiger partial charge in [-0.05, 0) is 35.4 Å². The van der Waals surface area contributed by atoms with Gasteiger partial charge in [-0.2, -0.15) is 0 Å². The van der Waals surface area contributed by atoms with Gasteiger partial charge >= 0.3 is 0 Å². The summed E-state index contributed by atoms with van der Waals surface area (Å²) in [4.78, 5) is 4.00. The highest BCUT2D eigenvalue weighted by molar-refractivity contribution is 6.35. The molecule has 0 aliphatic carbocycles. The topological polar surface area (TPSA) is 33.1 Å². The SMILES string of the molecule is OCc1cnc(Cl)c(-c2cc(Cl)cc(Cl)c2)c1. The molecule has 0 amide bonds. The zero-order valence-electron chi connectivity index (χ0n) is 8.62. The van der Waals surface area contributed by atoms with E-state index in [2.05, 4.69) is 4.98 Å². The molecule has 0 spiro atoms. The largest absolute Gasteiger partial charge is 0.392 e. The van der Waals surface area contributed by atoms with Crippen LogP contribution in [0.15, 0.2) is 30.5 Å². The zero-order valence-corrected chi connectivity index (χ0v) is 10.9. The molecule has 88 valence electrons. The van der Waals surface area contributed by atoms with Crippen molar-refractivity contribution < 1.29 is 5.11 Å². The standard InChI is InChI=1S/C12H8Cl3NO/c13-9-2-8(3-10(14)4-9)11-1-7(6-17)5-16-12(11)15/h1-5,17H,6H2. The molecule has 0 saturated carbocycles. The molecule has 0 saturated heterocycles. The number of aliphatic hydroxyl groups is 1. The zero-order chi connectivity index (χ0) is 12.4. The van der Waals surface area contributed by atoms with Crippen molar-refractivity contribution in [3.63, 3.8) is 0 Å². The van der Waals surface area contributed by atoms with E-state index in [9.17, 15) is 0 Å². The van der Waals surface area contributed by atoms with E-state index in [4.69, 9.17) is 39.9 Å². The molecule has 0 unspecified atom stereocenters. The number of halogens is 3. The lowest BCUT2D eigenvalue weighted by atomic mass is 10.1. The van der Waals surface area contributed by atoms with Crippen molar-refractivity contribution in [2.24, 2.45) is 0 Å². The summed E-state index contributed by atoms with van der Waals surface area (Å²) in [5.74, 6) is 0. The summed E-state index contributed by atoms with van der Waals surface area (Å²) in [7, 11) is 0. The first-order valence-electron chi connectivity index (χ1n) is 4.82. The molecule has 0 atom stereocenters. The molecular weight excluding hydrogens is 280 g/mol. The van der Waals surface area contributed by atoms with Gasteiger partial charge in [-0.15, -0.1) is 0 Å². The van der Waals surface area contributed by atoms with Crippen molar-refractivity contribution in [3.8, 4) is 11.1 Å². The van der Waals surface area contributed by atoms with E-state index in [1.54, 1.807) is 24.3 Å². The van der Waals surface area contributed by atoms with Crippen molar-refractivity contribution in [1.82, 2.24) is 4.98 Å². The van der Waals surface area contributed by atoms with Crippen LogP contribution in [0.2, 0.25) is 15.2 Å². The molecule has 1 aromatic carbocycles. The molecule has 5 heteroatoms. The number of rotatable bonds is 2. The van der Waals surface area contributed by atoms with Crippen molar-refractivity contribution in [3.05, 3.63) is 51.2 Å². The molecule has 1 N–H and O–H groups in total. The average Bonchev–Trinajstić information content (AvgIpc) is 2.28. The van der Waals surface area contributed by atoms with Gasteiger partial charge in [-0.25, -0.2) is 4.98 Å². The minimum absolute atomic E-state index is 0.0918. The molecule has 0 aliphatic rings. The third-order valence-corrected chi connectivity index (χ3v) is 2.99.